The summed E-state index contributed by atoms with van der Waals surface area (Å²) in [5.41, 5.74) is 1.10. The van der Waals surface area contributed by atoms with Gasteiger partial charge in [0.15, 0.2) is 0 Å². The Balaban J connectivity index is 2.40. The van der Waals surface area contributed by atoms with E-state index in [0.29, 0.717) is 31.1 Å². The molecule has 0 fully saturated rings. The molecule has 0 heterocycles. The SMILES string of the molecule is CCCC(=O)NCCN(CCc1cccc(Cl)c1)C(C)=O. The number of rotatable bonds is 8. The zero-order valence-corrected chi connectivity index (χ0v) is 13.4. The van der Waals surface area contributed by atoms with Crippen LogP contribution in [-0.2, 0) is 16.0 Å². The molecule has 0 aromatic heterocycles. The summed E-state index contributed by atoms with van der Waals surface area (Å²) in [6.45, 7) is 5.16. The number of carbonyl (C=O) groups excluding carboxylic acids is 2. The first kappa shape index (κ1) is 17.5. The van der Waals surface area contributed by atoms with E-state index >= 15 is 0 Å². The Hall–Kier alpha value is -1.55. The highest BCUT2D eigenvalue weighted by Crippen LogP contribution is 2.11. The third-order valence-corrected chi connectivity index (χ3v) is 3.42. The van der Waals surface area contributed by atoms with Crippen LogP contribution in [0.3, 0.4) is 0 Å². The molecule has 0 radical (unpaired) electrons. The van der Waals surface area contributed by atoms with Crippen molar-refractivity contribution in [3.8, 4) is 0 Å². The minimum Gasteiger partial charge on any atom is -0.354 e. The Morgan fingerprint density at radius 3 is 2.67 bits per heavy atom. The molecule has 5 heteroatoms. The van der Waals surface area contributed by atoms with E-state index in [2.05, 4.69) is 5.32 Å². The van der Waals surface area contributed by atoms with Crippen molar-refractivity contribution in [3.63, 3.8) is 0 Å². The van der Waals surface area contributed by atoms with Crippen LogP contribution in [0.5, 0.6) is 0 Å². The molecule has 0 unspecified atom stereocenters. The van der Waals surface area contributed by atoms with Crippen molar-refractivity contribution in [2.75, 3.05) is 19.6 Å². The Bertz CT molecular complexity index is 477. The second-order valence-corrected chi connectivity index (χ2v) is 5.42. The quantitative estimate of drug-likeness (QED) is 0.802. The first-order chi connectivity index (χ1) is 10.0. The van der Waals surface area contributed by atoms with Crippen LogP contribution in [0.1, 0.15) is 32.3 Å². The minimum absolute atomic E-state index is 0.0155. The first-order valence-corrected chi connectivity index (χ1v) is 7.67. The second kappa shape index (κ2) is 9.40. The number of halogens is 1. The topological polar surface area (TPSA) is 49.4 Å². The molecule has 0 atom stereocenters. The smallest absolute Gasteiger partial charge is 0.220 e. The lowest BCUT2D eigenvalue weighted by atomic mass is 10.1. The molecule has 1 rings (SSSR count). The third-order valence-electron chi connectivity index (χ3n) is 3.19. The van der Waals surface area contributed by atoms with Crippen LogP contribution in [0.25, 0.3) is 0 Å². The van der Waals surface area contributed by atoms with Crippen LogP contribution in [0.15, 0.2) is 24.3 Å². The molecule has 1 aromatic rings. The molecule has 0 aliphatic rings. The van der Waals surface area contributed by atoms with Crippen molar-refractivity contribution >= 4 is 23.4 Å². The molecule has 0 aliphatic heterocycles. The summed E-state index contributed by atoms with van der Waals surface area (Å²) in [6.07, 6.45) is 2.11. The summed E-state index contributed by atoms with van der Waals surface area (Å²) in [6, 6.07) is 7.63. The van der Waals surface area contributed by atoms with Crippen molar-refractivity contribution in [3.05, 3.63) is 34.9 Å². The molecule has 1 N–H and O–H groups in total. The van der Waals surface area contributed by atoms with E-state index in [1.165, 1.54) is 0 Å². The summed E-state index contributed by atoms with van der Waals surface area (Å²) < 4.78 is 0. The molecule has 0 spiro atoms. The zero-order valence-electron chi connectivity index (χ0n) is 12.7. The van der Waals surface area contributed by atoms with Gasteiger partial charge in [-0.25, -0.2) is 0 Å². The van der Waals surface area contributed by atoms with Crippen LogP contribution in [-0.4, -0.2) is 36.3 Å². The molecular formula is C16H23ClN2O2. The number of carbonyl (C=O) groups is 2. The van der Waals surface area contributed by atoms with Gasteiger partial charge in [0.1, 0.15) is 0 Å². The van der Waals surface area contributed by atoms with Gasteiger partial charge in [0.25, 0.3) is 0 Å². The number of amides is 2. The van der Waals surface area contributed by atoms with Crippen LogP contribution < -0.4 is 5.32 Å². The molecular weight excluding hydrogens is 288 g/mol. The molecule has 21 heavy (non-hydrogen) atoms. The zero-order chi connectivity index (χ0) is 15.7. The number of hydrogen-bond acceptors (Lipinski definition) is 2. The normalized spacial score (nSPS) is 10.2. The Morgan fingerprint density at radius 1 is 1.29 bits per heavy atom. The molecule has 1 aromatic carbocycles. The van der Waals surface area contributed by atoms with Gasteiger partial charge < -0.3 is 10.2 Å². The minimum atomic E-state index is 0.0155. The van der Waals surface area contributed by atoms with Gasteiger partial charge in [-0.1, -0.05) is 30.7 Å². The van der Waals surface area contributed by atoms with E-state index in [1.54, 1.807) is 11.8 Å². The average Bonchev–Trinajstić information content (AvgIpc) is 2.42. The summed E-state index contributed by atoms with van der Waals surface area (Å²) in [5, 5.41) is 3.52. The van der Waals surface area contributed by atoms with Crippen molar-refractivity contribution in [2.45, 2.75) is 33.1 Å². The second-order valence-electron chi connectivity index (χ2n) is 4.99. The first-order valence-electron chi connectivity index (χ1n) is 7.29. The molecule has 0 aliphatic carbocycles. The number of nitrogens with zero attached hydrogens (tertiary/aromatic N) is 1. The van der Waals surface area contributed by atoms with Gasteiger partial charge in [-0.05, 0) is 30.5 Å². The predicted molar refractivity (Wildman–Crippen MR) is 85.3 cm³/mol. The maximum Gasteiger partial charge on any atom is 0.220 e. The third kappa shape index (κ3) is 7.14. The average molecular weight is 311 g/mol. The van der Waals surface area contributed by atoms with E-state index in [1.807, 2.05) is 31.2 Å². The van der Waals surface area contributed by atoms with Crippen molar-refractivity contribution < 1.29 is 9.59 Å². The van der Waals surface area contributed by atoms with Crippen LogP contribution in [0, 0.1) is 0 Å². The van der Waals surface area contributed by atoms with E-state index in [4.69, 9.17) is 11.6 Å². The number of hydrogen-bond donors (Lipinski definition) is 1. The van der Waals surface area contributed by atoms with Gasteiger partial charge in [-0.15, -0.1) is 0 Å². The fraction of sp³-hybridized carbons (Fsp3) is 0.500. The van der Waals surface area contributed by atoms with Crippen molar-refractivity contribution in [1.82, 2.24) is 10.2 Å². The summed E-state index contributed by atoms with van der Waals surface area (Å²) >= 11 is 5.94. The Labute approximate surface area is 131 Å². The van der Waals surface area contributed by atoms with Crippen molar-refractivity contribution in [1.29, 1.82) is 0 Å². The molecule has 0 bridgehead atoms. The highest BCUT2D eigenvalue weighted by molar-refractivity contribution is 6.30. The fourth-order valence-corrected chi connectivity index (χ4v) is 2.24. The van der Waals surface area contributed by atoms with Gasteiger partial charge in [-0.2, -0.15) is 0 Å². The largest absolute Gasteiger partial charge is 0.354 e. The molecule has 116 valence electrons. The van der Waals surface area contributed by atoms with Gasteiger partial charge in [-0.3, -0.25) is 9.59 Å². The van der Waals surface area contributed by atoms with Crippen molar-refractivity contribution in [2.24, 2.45) is 0 Å². The predicted octanol–water partition coefficient (Wildman–Crippen LogP) is 2.65. The highest BCUT2D eigenvalue weighted by atomic mass is 35.5. The lowest BCUT2D eigenvalue weighted by molar-refractivity contribution is -0.129. The van der Waals surface area contributed by atoms with Crippen LogP contribution in [0.2, 0.25) is 5.02 Å². The maximum atomic E-state index is 11.6. The van der Waals surface area contributed by atoms with Crippen LogP contribution in [0.4, 0.5) is 0 Å². The lowest BCUT2D eigenvalue weighted by Crippen LogP contribution is -2.38. The molecule has 0 saturated carbocycles. The van der Waals surface area contributed by atoms with Gasteiger partial charge in [0.05, 0.1) is 0 Å². The number of benzene rings is 1. The fourth-order valence-electron chi connectivity index (χ4n) is 2.03. The van der Waals surface area contributed by atoms with E-state index in [9.17, 15) is 9.59 Å². The monoisotopic (exact) mass is 310 g/mol. The van der Waals surface area contributed by atoms with E-state index < -0.39 is 0 Å². The molecule has 0 saturated heterocycles. The Morgan fingerprint density at radius 2 is 2.05 bits per heavy atom. The van der Waals surface area contributed by atoms with E-state index in [-0.39, 0.29) is 11.8 Å². The standard InChI is InChI=1S/C16H23ClN2O2/c1-3-5-16(21)18-9-11-19(13(2)20)10-8-14-6-4-7-15(17)12-14/h4,6-7,12H,3,5,8-11H2,1-2H3,(H,18,21). The van der Waals surface area contributed by atoms with Gasteiger partial charge in [0.2, 0.25) is 11.8 Å². The highest BCUT2D eigenvalue weighted by Gasteiger charge is 2.09. The van der Waals surface area contributed by atoms with E-state index in [0.717, 1.165) is 18.4 Å². The summed E-state index contributed by atoms with van der Waals surface area (Å²) in [7, 11) is 0. The maximum absolute atomic E-state index is 11.6. The summed E-state index contributed by atoms with van der Waals surface area (Å²) in [4.78, 5) is 24.7. The van der Waals surface area contributed by atoms with Crippen LogP contribution >= 0.6 is 11.6 Å². The van der Waals surface area contributed by atoms with Gasteiger partial charge in [0, 0.05) is 38.0 Å². The summed E-state index contributed by atoms with van der Waals surface area (Å²) in [5.74, 6) is 0.0533. The Kier molecular flexibility index (Phi) is 7.83. The van der Waals surface area contributed by atoms with Gasteiger partial charge >= 0.3 is 0 Å². The lowest BCUT2D eigenvalue weighted by Gasteiger charge is -2.21. The molecule has 2 amide bonds. The number of nitrogens with one attached hydrogen (secondary N) is 1. The molecule has 4 nitrogen and oxygen atoms in total.